The van der Waals surface area contributed by atoms with Crippen LogP contribution in [0.4, 0.5) is 14.9 Å². The molecule has 0 spiro atoms. The molecule has 252 valence electrons. The largest absolute Gasteiger partial charge is 0.444 e. The second-order valence-electron chi connectivity index (χ2n) is 13.8. The van der Waals surface area contributed by atoms with Gasteiger partial charge < -0.3 is 28.9 Å². The summed E-state index contributed by atoms with van der Waals surface area (Å²) in [5, 5.41) is 2.28. The molecule has 5 aliphatic rings. The maximum absolute atomic E-state index is 15.8. The van der Waals surface area contributed by atoms with Crippen LogP contribution in [0.15, 0.2) is 12.1 Å². The Balaban J connectivity index is 0.925. The number of nitrogens with zero attached hydrogens (tertiary/aromatic N) is 5. The molecule has 5 aliphatic heterocycles. The van der Waals surface area contributed by atoms with Gasteiger partial charge in [0.25, 0.3) is 5.91 Å². The van der Waals surface area contributed by atoms with Gasteiger partial charge in [0.15, 0.2) is 5.82 Å². The molecular weight excluding hydrogens is 599 g/mol. The van der Waals surface area contributed by atoms with Crippen molar-refractivity contribution in [2.75, 3.05) is 83.6 Å². The van der Waals surface area contributed by atoms with Crippen molar-refractivity contribution in [1.82, 2.24) is 24.9 Å². The first-order valence-electron chi connectivity index (χ1n) is 16.3. The summed E-state index contributed by atoms with van der Waals surface area (Å²) in [7, 11) is 0. The van der Waals surface area contributed by atoms with E-state index < -0.39 is 23.4 Å². The number of piperidine rings is 1. The van der Waals surface area contributed by atoms with E-state index in [0.29, 0.717) is 50.6 Å². The van der Waals surface area contributed by atoms with Crippen LogP contribution in [0.5, 0.6) is 0 Å². The lowest BCUT2D eigenvalue weighted by Crippen LogP contribution is -2.54. The van der Waals surface area contributed by atoms with Crippen molar-refractivity contribution in [3.63, 3.8) is 0 Å². The highest BCUT2D eigenvalue weighted by molar-refractivity contribution is 6.05. The molecule has 4 fully saturated rings. The van der Waals surface area contributed by atoms with Crippen LogP contribution in [0.3, 0.4) is 0 Å². The summed E-state index contributed by atoms with van der Waals surface area (Å²) < 4.78 is 33.6. The Morgan fingerprint density at radius 1 is 0.935 bits per heavy atom. The Morgan fingerprint density at radius 3 is 2.11 bits per heavy atom. The van der Waals surface area contributed by atoms with Crippen LogP contribution in [0, 0.1) is 5.82 Å². The third kappa shape index (κ3) is 7.29. The minimum absolute atomic E-state index is 0.0123. The maximum Gasteiger partial charge on any atom is 0.410 e. The van der Waals surface area contributed by atoms with E-state index >= 15 is 4.39 Å². The van der Waals surface area contributed by atoms with Gasteiger partial charge in [-0.2, -0.15) is 0 Å². The van der Waals surface area contributed by atoms with E-state index in [1.54, 1.807) is 17.0 Å². The fraction of sp³-hybridized carbons (Fsp3) is 0.688. The first-order chi connectivity index (χ1) is 21.9. The number of rotatable bonds is 6. The quantitative estimate of drug-likeness (QED) is 0.450. The molecule has 1 N–H and O–H groups in total. The van der Waals surface area contributed by atoms with Gasteiger partial charge in [0.2, 0.25) is 11.8 Å². The van der Waals surface area contributed by atoms with Gasteiger partial charge >= 0.3 is 6.09 Å². The molecule has 0 aliphatic carbocycles. The Bertz CT molecular complexity index is 1330. The average molecular weight is 645 g/mol. The zero-order valence-corrected chi connectivity index (χ0v) is 27.0. The Hall–Kier alpha value is -3.33. The number of ether oxygens (including phenoxy) is 3. The first kappa shape index (κ1) is 32.6. The van der Waals surface area contributed by atoms with Crippen LogP contribution in [0.1, 0.15) is 49.5 Å². The molecule has 14 heteroatoms. The molecule has 0 saturated carbocycles. The number of fused-ring (bicyclic) bond motifs is 1. The Morgan fingerprint density at radius 2 is 1.54 bits per heavy atom. The van der Waals surface area contributed by atoms with Gasteiger partial charge in [-0.3, -0.25) is 29.5 Å². The molecule has 1 aromatic carbocycles. The van der Waals surface area contributed by atoms with Crippen molar-refractivity contribution in [2.45, 2.75) is 64.0 Å². The number of carbonyl (C=O) groups is 4. The van der Waals surface area contributed by atoms with Gasteiger partial charge in [0.05, 0.1) is 37.7 Å². The zero-order valence-electron chi connectivity index (χ0n) is 27.0. The summed E-state index contributed by atoms with van der Waals surface area (Å²) in [6.07, 6.45) is 0.0879. The summed E-state index contributed by atoms with van der Waals surface area (Å²) in [4.78, 5) is 59.0. The van der Waals surface area contributed by atoms with Gasteiger partial charge in [0, 0.05) is 83.0 Å². The molecule has 3 atom stereocenters. The smallest absolute Gasteiger partial charge is 0.410 e. The van der Waals surface area contributed by atoms with E-state index in [9.17, 15) is 19.2 Å². The lowest BCUT2D eigenvalue weighted by molar-refractivity contribution is -0.146. The van der Waals surface area contributed by atoms with Crippen molar-refractivity contribution < 1.29 is 37.8 Å². The number of amides is 4. The molecule has 5 heterocycles. The second-order valence-corrected chi connectivity index (χ2v) is 13.8. The maximum atomic E-state index is 15.8. The summed E-state index contributed by atoms with van der Waals surface area (Å²) in [5.41, 5.74) is 0.546. The Kier molecular flexibility index (Phi) is 9.51. The minimum atomic E-state index is -0.771. The monoisotopic (exact) mass is 644 g/mol. The summed E-state index contributed by atoms with van der Waals surface area (Å²) >= 11 is 0. The number of piperazine rings is 2. The van der Waals surface area contributed by atoms with E-state index in [2.05, 4.69) is 15.1 Å². The van der Waals surface area contributed by atoms with Crippen LogP contribution >= 0.6 is 0 Å². The third-order valence-corrected chi connectivity index (χ3v) is 9.33. The van der Waals surface area contributed by atoms with Crippen LogP contribution in [-0.2, 0) is 30.3 Å². The number of hydrogen-bond donors (Lipinski definition) is 1. The molecular formula is C32H45FN6O7. The van der Waals surface area contributed by atoms with Crippen molar-refractivity contribution in [2.24, 2.45) is 0 Å². The van der Waals surface area contributed by atoms with Crippen LogP contribution in [0.2, 0.25) is 0 Å². The lowest BCUT2D eigenvalue weighted by atomic mass is 10.0. The molecule has 13 nitrogen and oxygen atoms in total. The molecule has 46 heavy (non-hydrogen) atoms. The van der Waals surface area contributed by atoms with Crippen LogP contribution in [0.25, 0.3) is 0 Å². The van der Waals surface area contributed by atoms with Gasteiger partial charge in [-0.15, -0.1) is 0 Å². The number of imide groups is 1. The van der Waals surface area contributed by atoms with Crippen molar-refractivity contribution in [1.29, 1.82) is 0 Å². The van der Waals surface area contributed by atoms with Crippen LogP contribution < -0.4 is 10.2 Å². The summed E-state index contributed by atoms with van der Waals surface area (Å²) in [5.74, 6) is -1.66. The number of benzene rings is 1. The SMILES string of the molecule is CC(C)(C)OC(=O)N1CCN(CC2CO[C@H](CN3CCN(c4ccc5c(c4F)CN(C4CCC(=O)NC4=O)C5=O)CC3)CO2)CC1. The molecule has 4 saturated heterocycles. The van der Waals surface area contributed by atoms with Crippen LogP contribution in [-0.4, -0.2) is 146 Å². The van der Waals surface area contributed by atoms with E-state index in [-0.39, 0.29) is 55.1 Å². The average Bonchev–Trinajstić information content (AvgIpc) is 3.35. The lowest BCUT2D eigenvalue weighted by Gasteiger charge is -2.40. The highest BCUT2D eigenvalue weighted by Gasteiger charge is 2.41. The second kappa shape index (κ2) is 13.4. The van der Waals surface area contributed by atoms with E-state index in [1.807, 2.05) is 25.7 Å². The van der Waals surface area contributed by atoms with Crippen molar-refractivity contribution in [3.8, 4) is 0 Å². The highest BCUT2D eigenvalue weighted by atomic mass is 19.1. The highest BCUT2D eigenvalue weighted by Crippen LogP contribution is 2.34. The first-order valence-corrected chi connectivity index (χ1v) is 16.3. The van der Waals surface area contributed by atoms with E-state index in [1.165, 1.54) is 4.90 Å². The predicted octanol–water partition coefficient (Wildman–Crippen LogP) is 1.05. The zero-order chi connectivity index (χ0) is 32.6. The summed E-state index contributed by atoms with van der Waals surface area (Å²) in [6.45, 7) is 13.7. The Labute approximate surface area is 268 Å². The van der Waals surface area contributed by atoms with E-state index in [0.717, 1.165) is 39.3 Å². The number of halogens is 1. The molecule has 0 bridgehead atoms. The molecule has 2 unspecified atom stereocenters. The number of anilines is 1. The van der Waals surface area contributed by atoms with Crippen molar-refractivity contribution >= 4 is 29.5 Å². The predicted molar refractivity (Wildman–Crippen MR) is 165 cm³/mol. The number of hydrogen-bond acceptors (Lipinski definition) is 10. The minimum Gasteiger partial charge on any atom is -0.444 e. The standard InChI is InChI=1S/C32H45FN6O7/c1-32(2,3)46-31(43)38-14-10-36(11-15-38)17-22-20-44-21(19-45-22)16-35-8-12-37(13-9-35)25-5-4-23-24(28(25)33)18-39(30(23)42)26-6-7-27(40)34-29(26)41/h4-5,21-22,26H,6-20H2,1-3H3,(H,34,40,41)/t21-,22?,26?/m1/s1. The number of carbonyl (C=O) groups excluding carboxylic acids is 4. The third-order valence-electron chi connectivity index (χ3n) is 9.33. The fourth-order valence-corrected chi connectivity index (χ4v) is 6.82. The topological polar surface area (TPSA) is 124 Å². The van der Waals surface area contributed by atoms with Crippen molar-refractivity contribution in [3.05, 3.63) is 29.1 Å². The van der Waals surface area contributed by atoms with Gasteiger partial charge in [-0.25, -0.2) is 9.18 Å². The van der Waals surface area contributed by atoms with Gasteiger partial charge in [-0.1, -0.05) is 0 Å². The normalized spacial score (nSPS) is 26.7. The van der Waals surface area contributed by atoms with Gasteiger partial charge in [0.1, 0.15) is 11.6 Å². The molecule has 1 aromatic rings. The number of nitrogens with one attached hydrogen (secondary N) is 1. The summed E-state index contributed by atoms with van der Waals surface area (Å²) in [6, 6.07) is 2.54. The van der Waals surface area contributed by atoms with Gasteiger partial charge in [-0.05, 0) is 39.3 Å². The van der Waals surface area contributed by atoms with E-state index in [4.69, 9.17) is 14.2 Å². The molecule has 0 aromatic heterocycles. The fourth-order valence-electron chi connectivity index (χ4n) is 6.82. The molecule has 4 amide bonds. The molecule has 0 radical (unpaired) electrons. The molecule has 6 rings (SSSR count).